The fourth-order valence-electron chi connectivity index (χ4n) is 2.53. The third-order valence-corrected chi connectivity index (χ3v) is 4.30. The molecule has 0 atom stereocenters. The van der Waals surface area contributed by atoms with Gasteiger partial charge in [-0.2, -0.15) is 0 Å². The summed E-state index contributed by atoms with van der Waals surface area (Å²) in [5.41, 5.74) is 2.09. The Morgan fingerprint density at radius 2 is 1.59 bits per heavy atom. The van der Waals surface area contributed by atoms with Crippen LogP contribution in [-0.4, -0.2) is 16.8 Å². The molecule has 0 aliphatic rings. The van der Waals surface area contributed by atoms with Crippen LogP contribution in [0.4, 0.5) is 24.5 Å². The number of anilines is 2. The number of rotatable bonds is 4. The molecule has 2 amide bonds. The quantitative estimate of drug-likeness (QED) is 0.629. The van der Waals surface area contributed by atoms with Gasteiger partial charge in [0, 0.05) is 17.4 Å². The van der Waals surface area contributed by atoms with E-state index in [1.54, 1.807) is 6.07 Å². The van der Waals surface area contributed by atoms with Crippen molar-refractivity contribution in [2.45, 2.75) is 13.8 Å². The summed E-state index contributed by atoms with van der Waals surface area (Å²) in [4.78, 5) is 28.6. The van der Waals surface area contributed by atoms with Crippen LogP contribution in [0.2, 0.25) is 0 Å². The van der Waals surface area contributed by atoms with Crippen molar-refractivity contribution in [3.05, 3.63) is 88.5 Å². The summed E-state index contributed by atoms with van der Waals surface area (Å²) >= 11 is 0. The van der Waals surface area contributed by atoms with Gasteiger partial charge in [0.2, 0.25) is 0 Å². The molecule has 2 N–H and O–H groups in total. The Kier molecular flexibility index (Phi) is 5.63. The predicted octanol–water partition coefficient (Wildman–Crippen LogP) is 4.62. The molecule has 0 radical (unpaired) electrons. The number of aryl methyl sites for hydroxylation is 2. The van der Waals surface area contributed by atoms with E-state index in [-0.39, 0.29) is 11.3 Å². The number of pyridine rings is 1. The lowest BCUT2D eigenvalue weighted by molar-refractivity contribution is 0.102. The Balaban J connectivity index is 1.78. The number of hydrogen-bond donors (Lipinski definition) is 2. The highest BCUT2D eigenvalue weighted by Crippen LogP contribution is 2.20. The molecule has 29 heavy (non-hydrogen) atoms. The van der Waals surface area contributed by atoms with Gasteiger partial charge in [-0.05, 0) is 61.4 Å². The van der Waals surface area contributed by atoms with E-state index in [1.807, 2.05) is 26.0 Å². The van der Waals surface area contributed by atoms with Gasteiger partial charge in [0.05, 0.1) is 5.69 Å². The first kappa shape index (κ1) is 20.1. The molecule has 0 fully saturated rings. The number of nitrogens with one attached hydrogen (secondary N) is 2. The van der Waals surface area contributed by atoms with Gasteiger partial charge in [0.25, 0.3) is 11.8 Å². The highest BCUT2D eigenvalue weighted by molar-refractivity contribution is 6.07. The highest BCUT2D eigenvalue weighted by atomic mass is 19.2. The van der Waals surface area contributed by atoms with Gasteiger partial charge in [0.1, 0.15) is 5.69 Å². The smallest absolute Gasteiger partial charge is 0.274 e. The van der Waals surface area contributed by atoms with E-state index in [0.717, 1.165) is 17.2 Å². The SMILES string of the molecule is Cc1ccc(NC(=O)c2ccnc(C(=O)Nc3ccc(F)c(F)c3F)c2)cc1C. The molecule has 2 aromatic carbocycles. The molecule has 5 nitrogen and oxygen atoms in total. The number of amides is 2. The van der Waals surface area contributed by atoms with Crippen LogP contribution in [0.25, 0.3) is 0 Å². The van der Waals surface area contributed by atoms with Crippen molar-refractivity contribution in [1.29, 1.82) is 0 Å². The molecule has 1 heterocycles. The molecule has 148 valence electrons. The first-order chi connectivity index (χ1) is 13.8. The summed E-state index contributed by atoms with van der Waals surface area (Å²) in [6.45, 7) is 3.86. The van der Waals surface area contributed by atoms with Crippen LogP contribution in [0.5, 0.6) is 0 Å². The van der Waals surface area contributed by atoms with E-state index in [4.69, 9.17) is 0 Å². The minimum absolute atomic E-state index is 0.147. The van der Waals surface area contributed by atoms with Crippen molar-refractivity contribution in [2.24, 2.45) is 0 Å². The first-order valence-corrected chi connectivity index (χ1v) is 8.56. The van der Waals surface area contributed by atoms with Crippen molar-refractivity contribution in [3.8, 4) is 0 Å². The molecule has 0 saturated carbocycles. The molecule has 0 unspecified atom stereocenters. The first-order valence-electron chi connectivity index (χ1n) is 8.56. The summed E-state index contributed by atoms with van der Waals surface area (Å²) in [7, 11) is 0. The van der Waals surface area contributed by atoms with Gasteiger partial charge in [-0.1, -0.05) is 6.07 Å². The van der Waals surface area contributed by atoms with E-state index >= 15 is 0 Å². The molecular weight excluding hydrogens is 383 g/mol. The van der Waals surface area contributed by atoms with Gasteiger partial charge in [-0.15, -0.1) is 0 Å². The zero-order valence-electron chi connectivity index (χ0n) is 15.5. The standard InChI is InChI=1S/C21H16F3N3O2/c1-11-3-4-14(9-12(11)2)26-20(28)13-7-8-25-17(10-13)21(29)27-16-6-5-15(22)18(23)19(16)24/h3-10H,1-2H3,(H,26,28)(H,27,29). The van der Waals surface area contributed by atoms with Crippen molar-refractivity contribution in [1.82, 2.24) is 4.98 Å². The Labute approximate surface area is 164 Å². The highest BCUT2D eigenvalue weighted by Gasteiger charge is 2.17. The normalized spacial score (nSPS) is 10.5. The zero-order chi connectivity index (χ0) is 21.1. The topological polar surface area (TPSA) is 71.1 Å². The van der Waals surface area contributed by atoms with Crippen LogP contribution in [0.3, 0.4) is 0 Å². The Hall–Kier alpha value is -3.68. The zero-order valence-corrected chi connectivity index (χ0v) is 15.5. The second-order valence-electron chi connectivity index (χ2n) is 6.36. The number of carbonyl (C=O) groups excluding carboxylic acids is 2. The third-order valence-electron chi connectivity index (χ3n) is 4.30. The number of carbonyl (C=O) groups is 2. The maximum Gasteiger partial charge on any atom is 0.274 e. The Morgan fingerprint density at radius 1 is 0.828 bits per heavy atom. The average Bonchev–Trinajstić information content (AvgIpc) is 2.71. The second-order valence-corrected chi connectivity index (χ2v) is 6.36. The minimum Gasteiger partial charge on any atom is -0.322 e. The van der Waals surface area contributed by atoms with Crippen LogP contribution in [0, 0.1) is 31.3 Å². The van der Waals surface area contributed by atoms with Crippen LogP contribution in [0.15, 0.2) is 48.7 Å². The fraction of sp³-hybridized carbons (Fsp3) is 0.0952. The number of benzene rings is 2. The second kappa shape index (κ2) is 8.14. The van der Waals surface area contributed by atoms with E-state index in [9.17, 15) is 22.8 Å². The Bertz CT molecular complexity index is 1120. The molecule has 0 bridgehead atoms. The van der Waals surface area contributed by atoms with Crippen molar-refractivity contribution < 1.29 is 22.8 Å². The number of halogens is 3. The van der Waals surface area contributed by atoms with Crippen molar-refractivity contribution >= 4 is 23.2 Å². The van der Waals surface area contributed by atoms with Gasteiger partial charge in [0.15, 0.2) is 17.5 Å². The minimum atomic E-state index is -1.70. The molecule has 0 aliphatic carbocycles. The van der Waals surface area contributed by atoms with E-state index in [1.165, 1.54) is 18.3 Å². The van der Waals surface area contributed by atoms with Crippen LogP contribution in [0.1, 0.15) is 32.0 Å². The Morgan fingerprint density at radius 3 is 2.31 bits per heavy atom. The van der Waals surface area contributed by atoms with Crippen LogP contribution < -0.4 is 10.6 Å². The summed E-state index contributed by atoms with van der Waals surface area (Å²) in [6.07, 6.45) is 1.24. The molecule has 3 rings (SSSR count). The average molecular weight is 399 g/mol. The van der Waals surface area contributed by atoms with Crippen molar-refractivity contribution in [2.75, 3.05) is 10.6 Å². The van der Waals surface area contributed by atoms with Gasteiger partial charge < -0.3 is 10.6 Å². The molecule has 0 saturated heterocycles. The van der Waals surface area contributed by atoms with Crippen LogP contribution >= 0.6 is 0 Å². The lowest BCUT2D eigenvalue weighted by Gasteiger charge is -2.09. The summed E-state index contributed by atoms with van der Waals surface area (Å²) in [5.74, 6) is -5.94. The largest absolute Gasteiger partial charge is 0.322 e. The maximum absolute atomic E-state index is 13.7. The summed E-state index contributed by atoms with van der Waals surface area (Å²) in [5, 5.41) is 4.82. The predicted molar refractivity (Wildman–Crippen MR) is 102 cm³/mol. The van der Waals surface area contributed by atoms with E-state index in [0.29, 0.717) is 11.8 Å². The summed E-state index contributed by atoms with van der Waals surface area (Å²) < 4.78 is 40.0. The van der Waals surface area contributed by atoms with E-state index < -0.39 is 35.0 Å². The number of hydrogen-bond acceptors (Lipinski definition) is 3. The number of aromatic nitrogens is 1. The van der Waals surface area contributed by atoms with Crippen LogP contribution in [-0.2, 0) is 0 Å². The molecule has 0 aliphatic heterocycles. The van der Waals surface area contributed by atoms with Gasteiger partial charge >= 0.3 is 0 Å². The maximum atomic E-state index is 13.7. The molecule has 8 heteroatoms. The molecule has 3 aromatic rings. The lowest BCUT2D eigenvalue weighted by atomic mass is 10.1. The third kappa shape index (κ3) is 4.43. The summed E-state index contributed by atoms with van der Waals surface area (Å²) in [6, 6.07) is 9.63. The number of nitrogens with zero attached hydrogens (tertiary/aromatic N) is 1. The molecule has 0 spiro atoms. The van der Waals surface area contributed by atoms with Crippen molar-refractivity contribution in [3.63, 3.8) is 0 Å². The fourth-order valence-corrected chi connectivity index (χ4v) is 2.53. The van der Waals surface area contributed by atoms with Gasteiger partial charge in [-0.3, -0.25) is 14.6 Å². The van der Waals surface area contributed by atoms with E-state index in [2.05, 4.69) is 15.6 Å². The molecule has 1 aromatic heterocycles. The lowest BCUT2D eigenvalue weighted by Crippen LogP contribution is -2.18. The van der Waals surface area contributed by atoms with Gasteiger partial charge in [-0.25, -0.2) is 13.2 Å². The molecular formula is C21H16F3N3O2. The monoisotopic (exact) mass is 399 g/mol.